The van der Waals surface area contributed by atoms with Gasteiger partial charge in [-0.3, -0.25) is 5.32 Å². The Labute approximate surface area is 148 Å². The maximum Gasteiger partial charge on any atom is 0.292 e. The summed E-state index contributed by atoms with van der Waals surface area (Å²) in [5.74, 6) is 0.609. The predicted octanol–water partition coefficient (Wildman–Crippen LogP) is 4.24. The Hall–Kier alpha value is -1.07. The molecule has 0 heterocycles. The number of alkyl halides is 2. The molecule has 0 aromatic heterocycles. The zero-order valence-electron chi connectivity index (χ0n) is 14.1. The molecule has 1 aromatic rings. The topological polar surface area (TPSA) is 38.0 Å². The Bertz CT molecular complexity index is 594. The number of rotatable bonds is 6. The van der Waals surface area contributed by atoms with E-state index in [1.54, 1.807) is 0 Å². The highest BCUT2D eigenvalue weighted by molar-refractivity contribution is 7.80. The summed E-state index contributed by atoms with van der Waals surface area (Å²) >= 11 is 5.47. The van der Waals surface area contributed by atoms with E-state index in [0.717, 1.165) is 32.1 Å². The van der Waals surface area contributed by atoms with Crippen molar-refractivity contribution in [2.24, 2.45) is 23.0 Å². The Kier molecular flexibility index (Phi) is 4.94. The largest absolute Gasteiger partial charge is 0.393 e. The third-order valence-electron chi connectivity index (χ3n) is 6.38. The van der Waals surface area contributed by atoms with Gasteiger partial charge in [-0.25, -0.2) is 0 Å². The average Bonchev–Trinajstić information content (AvgIpc) is 2.82. The summed E-state index contributed by atoms with van der Waals surface area (Å²) in [5.41, 5.74) is 7.23. The maximum atomic E-state index is 12.7. The van der Waals surface area contributed by atoms with Crippen molar-refractivity contribution >= 4 is 17.2 Å². The van der Waals surface area contributed by atoms with E-state index >= 15 is 0 Å². The molecule has 0 radical (unpaired) electrons. The maximum absolute atomic E-state index is 12.7. The van der Waals surface area contributed by atoms with Crippen LogP contribution in [0.5, 0.6) is 0 Å². The van der Waals surface area contributed by atoms with Gasteiger partial charge in [0.1, 0.15) is 0 Å². The van der Waals surface area contributed by atoms with Crippen LogP contribution in [0.2, 0.25) is 0 Å². The Morgan fingerprint density at radius 1 is 1.29 bits per heavy atom. The minimum absolute atomic E-state index is 0.0120. The van der Waals surface area contributed by atoms with Crippen molar-refractivity contribution in [3.05, 3.63) is 35.9 Å². The molecule has 2 aliphatic carbocycles. The van der Waals surface area contributed by atoms with Crippen molar-refractivity contribution in [3.63, 3.8) is 0 Å². The number of thiocarbonyl (C=S) groups is 1. The highest BCUT2D eigenvalue weighted by atomic mass is 32.1. The Morgan fingerprint density at radius 2 is 2.00 bits per heavy atom. The van der Waals surface area contributed by atoms with Crippen LogP contribution in [0.4, 0.5) is 8.78 Å². The van der Waals surface area contributed by atoms with Crippen LogP contribution in [-0.4, -0.2) is 18.1 Å². The fourth-order valence-corrected chi connectivity index (χ4v) is 5.65. The van der Waals surface area contributed by atoms with E-state index in [1.807, 2.05) is 6.07 Å². The van der Waals surface area contributed by atoms with Gasteiger partial charge in [0.15, 0.2) is 0 Å². The summed E-state index contributed by atoms with van der Waals surface area (Å²) in [7, 11) is 0. The molecule has 2 bridgehead atoms. The zero-order chi connectivity index (χ0) is 17.4. The fraction of sp³-hybridized carbons (Fsp3) is 0.632. The summed E-state index contributed by atoms with van der Waals surface area (Å²) in [6.07, 6.45) is 4.88. The Balaban J connectivity index is 2.00. The first-order valence-corrected chi connectivity index (χ1v) is 9.20. The van der Waals surface area contributed by atoms with Crippen LogP contribution in [0.15, 0.2) is 30.3 Å². The molecule has 2 fully saturated rings. The summed E-state index contributed by atoms with van der Waals surface area (Å²) in [4.78, 5) is 0.513. The van der Waals surface area contributed by atoms with Crippen molar-refractivity contribution < 1.29 is 8.78 Å². The lowest BCUT2D eigenvalue weighted by Gasteiger charge is -2.44. The van der Waals surface area contributed by atoms with Gasteiger partial charge in [-0.2, -0.15) is 8.78 Å². The molecular weight excluding hydrogens is 326 g/mol. The van der Waals surface area contributed by atoms with Crippen LogP contribution in [0.25, 0.3) is 0 Å². The minimum atomic E-state index is -2.50. The zero-order valence-corrected chi connectivity index (χ0v) is 14.9. The first kappa shape index (κ1) is 17.7. The molecule has 0 aliphatic heterocycles. The number of hydrogen-bond acceptors (Lipinski definition) is 2. The lowest BCUT2D eigenvalue weighted by molar-refractivity contribution is 0.0919. The van der Waals surface area contributed by atoms with E-state index < -0.39 is 6.55 Å². The SMILES string of the molecule is CCC1CC2(c3ccccc3)CC(CNC(F)F)C(C(N)=S)(C1)C2. The molecule has 1 aromatic carbocycles. The number of benzene rings is 1. The predicted molar refractivity (Wildman–Crippen MR) is 97.1 cm³/mol. The van der Waals surface area contributed by atoms with Crippen LogP contribution < -0.4 is 11.1 Å². The highest BCUT2D eigenvalue weighted by Crippen LogP contribution is 2.64. The van der Waals surface area contributed by atoms with Crippen molar-refractivity contribution in [3.8, 4) is 0 Å². The molecule has 2 aliphatic rings. The van der Waals surface area contributed by atoms with E-state index in [9.17, 15) is 8.78 Å². The molecule has 0 amide bonds. The lowest BCUT2D eigenvalue weighted by atomic mass is 9.61. The molecule has 2 nitrogen and oxygen atoms in total. The first-order chi connectivity index (χ1) is 11.4. The standard InChI is InChI=1S/C19H26F2N2S/c1-2-13-8-18(14-6-4-3-5-7-14)10-15(11-23-17(20)21)19(9-13,12-18)16(22)24/h3-7,13,15,17,23H,2,8-12H2,1H3,(H2,22,24). The van der Waals surface area contributed by atoms with Gasteiger partial charge in [-0.1, -0.05) is 55.9 Å². The van der Waals surface area contributed by atoms with Gasteiger partial charge in [0.2, 0.25) is 0 Å². The molecular formula is C19H26F2N2S. The van der Waals surface area contributed by atoms with Crippen molar-refractivity contribution in [1.82, 2.24) is 5.32 Å². The highest BCUT2D eigenvalue weighted by Gasteiger charge is 2.60. The minimum Gasteiger partial charge on any atom is -0.393 e. The van der Waals surface area contributed by atoms with E-state index in [-0.39, 0.29) is 23.3 Å². The summed E-state index contributed by atoms with van der Waals surface area (Å²) in [5, 5.41) is 2.33. The van der Waals surface area contributed by atoms with Crippen LogP contribution in [0.1, 0.15) is 44.6 Å². The second-order valence-corrected chi connectivity index (χ2v) is 8.08. The Morgan fingerprint density at radius 3 is 2.58 bits per heavy atom. The van der Waals surface area contributed by atoms with Gasteiger partial charge in [-0.05, 0) is 48.5 Å². The molecule has 3 rings (SSSR count). The van der Waals surface area contributed by atoms with Gasteiger partial charge in [0.25, 0.3) is 6.55 Å². The van der Waals surface area contributed by atoms with Gasteiger partial charge in [-0.15, -0.1) is 0 Å². The van der Waals surface area contributed by atoms with E-state index in [0.29, 0.717) is 10.9 Å². The van der Waals surface area contributed by atoms with Crippen molar-refractivity contribution in [2.75, 3.05) is 6.54 Å². The van der Waals surface area contributed by atoms with Crippen LogP contribution in [0, 0.1) is 17.3 Å². The quantitative estimate of drug-likeness (QED) is 0.594. The molecule has 132 valence electrons. The normalized spacial score (nSPS) is 35.3. The molecule has 4 atom stereocenters. The molecule has 24 heavy (non-hydrogen) atoms. The number of halogens is 2. The van der Waals surface area contributed by atoms with Gasteiger partial charge < -0.3 is 5.73 Å². The number of nitrogens with one attached hydrogen (secondary N) is 1. The number of hydrogen-bond donors (Lipinski definition) is 2. The monoisotopic (exact) mass is 352 g/mol. The molecule has 0 saturated heterocycles. The third kappa shape index (κ3) is 2.97. The van der Waals surface area contributed by atoms with Gasteiger partial charge in [0, 0.05) is 12.0 Å². The second-order valence-electron chi connectivity index (χ2n) is 7.64. The van der Waals surface area contributed by atoms with Gasteiger partial charge in [0.05, 0.1) is 4.99 Å². The van der Waals surface area contributed by atoms with Crippen molar-refractivity contribution in [1.29, 1.82) is 0 Å². The lowest BCUT2D eigenvalue weighted by Crippen LogP contribution is -2.46. The number of fused-ring (bicyclic) bond motifs is 2. The smallest absolute Gasteiger partial charge is 0.292 e. The first-order valence-electron chi connectivity index (χ1n) is 8.79. The van der Waals surface area contributed by atoms with Gasteiger partial charge >= 0.3 is 0 Å². The van der Waals surface area contributed by atoms with E-state index in [2.05, 4.69) is 36.5 Å². The van der Waals surface area contributed by atoms with E-state index in [1.165, 1.54) is 5.56 Å². The molecule has 4 unspecified atom stereocenters. The van der Waals surface area contributed by atoms with Crippen LogP contribution >= 0.6 is 12.2 Å². The van der Waals surface area contributed by atoms with Crippen LogP contribution in [0.3, 0.4) is 0 Å². The molecule has 5 heteroatoms. The fourth-order valence-electron chi connectivity index (χ4n) is 5.33. The summed E-state index contributed by atoms with van der Waals surface area (Å²) in [6.45, 7) is -0.0168. The van der Waals surface area contributed by atoms with Crippen LogP contribution in [-0.2, 0) is 5.41 Å². The number of nitrogens with two attached hydrogens (primary N) is 1. The molecule has 3 N–H and O–H groups in total. The molecule has 0 spiro atoms. The summed E-state index contributed by atoms with van der Waals surface area (Å²) in [6, 6.07) is 10.5. The second kappa shape index (κ2) is 6.68. The molecule has 2 saturated carbocycles. The summed E-state index contributed by atoms with van der Waals surface area (Å²) < 4.78 is 25.5. The third-order valence-corrected chi connectivity index (χ3v) is 6.78. The average molecular weight is 352 g/mol. The van der Waals surface area contributed by atoms with Crippen molar-refractivity contribution in [2.45, 2.75) is 51.0 Å². The van der Waals surface area contributed by atoms with E-state index in [4.69, 9.17) is 18.0 Å².